The number of carbonyl (C=O) groups excluding carboxylic acids is 3. The fraction of sp³-hybridized carbons (Fsp3) is 0.641. The number of esters is 3. The Hall–Kier alpha value is -4.19. The molecule has 0 aliphatic carbocycles. The molecule has 6 nitrogen and oxygen atoms in total. The molecule has 0 aliphatic rings. The zero-order chi connectivity index (χ0) is 50.7. The van der Waals surface area contributed by atoms with Crippen LogP contribution in [0.15, 0.2) is 122 Å². The quantitative estimate of drug-likeness (QED) is 0.0262. The van der Waals surface area contributed by atoms with Gasteiger partial charge in [-0.25, -0.2) is 0 Å². The third kappa shape index (κ3) is 54.7. The topological polar surface area (TPSA) is 78.9 Å². The van der Waals surface area contributed by atoms with Gasteiger partial charge in [0.25, 0.3) is 0 Å². The van der Waals surface area contributed by atoms with Crippen molar-refractivity contribution >= 4 is 17.9 Å². The van der Waals surface area contributed by atoms with Gasteiger partial charge in [-0.15, -0.1) is 0 Å². The van der Waals surface area contributed by atoms with Gasteiger partial charge in [-0.3, -0.25) is 14.4 Å². The van der Waals surface area contributed by atoms with Crippen LogP contribution in [0.2, 0.25) is 0 Å². The van der Waals surface area contributed by atoms with Crippen LogP contribution in [0, 0.1) is 0 Å². The molecule has 70 heavy (non-hydrogen) atoms. The van der Waals surface area contributed by atoms with Crippen LogP contribution in [0.1, 0.15) is 245 Å². The Morgan fingerprint density at radius 2 is 0.557 bits per heavy atom. The van der Waals surface area contributed by atoms with Crippen molar-refractivity contribution in [2.75, 3.05) is 13.2 Å². The number of hydrogen-bond donors (Lipinski definition) is 0. The lowest BCUT2D eigenvalue weighted by atomic mass is 10.1. The van der Waals surface area contributed by atoms with E-state index in [-0.39, 0.29) is 31.1 Å². The van der Waals surface area contributed by atoms with Crippen LogP contribution in [0.4, 0.5) is 0 Å². The highest BCUT2D eigenvalue weighted by atomic mass is 16.6. The summed E-state index contributed by atoms with van der Waals surface area (Å²) in [4.78, 5) is 37.9. The number of hydrogen-bond acceptors (Lipinski definition) is 6. The molecule has 0 spiro atoms. The van der Waals surface area contributed by atoms with Crippen molar-refractivity contribution in [2.24, 2.45) is 0 Å². The normalized spacial score (nSPS) is 13.0. The number of ether oxygens (including phenoxy) is 3. The van der Waals surface area contributed by atoms with E-state index < -0.39 is 6.10 Å². The van der Waals surface area contributed by atoms with Gasteiger partial charge in [0.05, 0.1) is 0 Å². The van der Waals surface area contributed by atoms with E-state index in [9.17, 15) is 14.4 Å². The summed E-state index contributed by atoms with van der Waals surface area (Å²) < 4.78 is 16.7. The van der Waals surface area contributed by atoms with Gasteiger partial charge < -0.3 is 14.2 Å². The molecular formula is C64H104O6. The van der Waals surface area contributed by atoms with Gasteiger partial charge in [-0.05, 0) is 109 Å². The van der Waals surface area contributed by atoms with E-state index >= 15 is 0 Å². The predicted molar refractivity (Wildman–Crippen MR) is 302 cm³/mol. The molecule has 396 valence electrons. The lowest BCUT2D eigenvalue weighted by Crippen LogP contribution is -2.30. The molecule has 0 aromatic rings. The lowest BCUT2D eigenvalue weighted by molar-refractivity contribution is -0.167. The molecule has 0 amide bonds. The molecule has 0 fully saturated rings. The molecule has 0 aliphatic heterocycles. The highest BCUT2D eigenvalue weighted by Gasteiger charge is 2.19. The van der Waals surface area contributed by atoms with Crippen LogP contribution in [0.5, 0.6) is 0 Å². The van der Waals surface area contributed by atoms with Crippen LogP contribution in [-0.4, -0.2) is 37.2 Å². The van der Waals surface area contributed by atoms with E-state index in [1.165, 1.54) is 70.6 Å². The molecule has 1 atom stereocenters. The number of allylic oxidation sites excluding steroid dienone is 20. The highest BCUT2D eigenvalue weighted by Crippen LogP contribution is 2.14. The minimum absolute atomic E-state index is 0.0912. The maximum atomic E-state index is 12.8. The lowest BCUT2D eigenvalue weighted by Gasteiger charge is -2.18. The van der Waals surface area contributed by atoms with Crippen molar-refractivity contribution in [3.63, 3.8) is 0 Å². The van der Waals surface area contributed by atoms with Crippen molar-refractivity contribution in [3.05, 3.63) is 122 Å². The van der Waals surface area contributed by atoms with Crippen molar-refractivity contribution in [3.8, 4) is 0 Å². The number of carbonyl (C=O) groups is 3. The summed E-state index contributed by atoms with van der Waals surface area (Å²) in [6, 6.07) is 0. The molecule has 0 N–H and O–H groups in total. The molecule has 0 rings (SSSR count). The molecule has 6 heteroatoms. The van der Waals surface area contributed by atoms with Gasteiger partial charge in [0, 0.05) is 19.3 Å². The first kappa shape index (κ1) is 65.8. The summed E-state index contributed by atoms with van der Waals surface area (Å²) in [5.74, 6) is -0.933. The summed E-state index contributed by atoms with van der Waals surface area (Å²) in [7, 11) is 0. The number of unbranched alkanes of at least 4 members (excludes halogenated alkanes) is 19. The zero-order valence-corrected chi connectivity index (χ0v) is 45.2. The summed E-state index contributed by atoms with van der Waals surface area (Å²) in [6.45, 7) is 6.32. The molecule has 0 aromatic carbocycles. The van der Waals surface area contributed by atoms with Crippen molar-refractivity contribution in [1.29, 1.82) is 0 Å². The minimum atomic E-state index is -0.792. The van der Waals surface area contributed by atoms with E-state index in [4.69, 9.17) is 14.2 Å². The van der Waals surface area contributed by atoms with Crippen LogP contribution in [0.25, 0.3) is 0 Å². The molecule has 0 saturated heterocycles. The first-order valence-corrected chi connectivity index (χ1v) is 28.5. The molecule has 0 bridgehead atoms. The standard InChI is InChI=1S/C64H104O6/c1-4-7-10-13-16-18-20-22-24-26-27-28-29-30-31-32-33-34-35-36-37-39-40-42-44-46-48-51-54-57-63(66)69-60-61(59-68-62(65)56-53-50-15-12-9-6-3)70-64(67)58-55-52-49-47-45-43-41-38-25-23-21-19-17-14-11-8-5-2/h7-8,10-11,16-19,22-25,27-28,30-31,33-34,41,43,61H,4-6,9,12-15,20-21,26,29,32,35-40,42,44-60H2,1-3H3/b10-7-,11-8-,18-16-,19-17-,24-22-,25-23-,28-27-,31-30-,34-33-,43-41-. The second-order valence-corrected chi connectivity index (χ2v) is 18.4. The van der Waals surface area contributed by atoms with Crippen molar-refractivity contribution in [2.45, 2.75) is 252 Å². The smallest absolute Gasteiger partial charge is 0.306 e. The first-order valence-electron chi connectivity index (χ1n) is 28.5. The maximum Gasteiger partial charge on any atom is 0.306 e. The zero-order valence-electron chi connectivity index (χ0n) is 45.2. The third-order valence-corrected chi connectivity index (χ3v) is 11.7. The van der Waals surface area contributed by atoms with Gasteiger partial charge in [0.2, 0.25) is 0 Å². The van der Waals surface area contributed by atoms with Gasteiger partial charge in [0.1, 0.15) is 13.2 Å². The fourth-order valence-corrected chi connectivity index (χ4v) is 7.49. The summed E-state index contributed by atoms with van der Waals surface area (Å²) >= 11 is 0. The maximum absolute atomic E-state index is 12.8. The van der Waals surface area contributed by atoms with Crippen LogP contribution < -0.4 is 0 Å². The fourth-order valence-electron chi connectivity index (χ4n) is 7.49. The van der Waals surface area contributed by atoms with E-state index in [1.807, 2.05) is 0 Å². The third-order valence-electron chi connectivity index (χ3n) is 11.7. The molecule has 0 aromatic heterocycles. The minimum Gasteiger partial charge on any atom is -0.462 e. The molecule has 0 heterocycles. The van der Waals surface area contributed by atoms with Gasteiger partial charge in [-0.1, -0.05) is 239 Å². The Kier molecular flexibility index (Phi) is 54.0. The van der Waals surface area contributed by atoms with Crippen LogP contribution >= 0.6 is 0 Å². The van der Waals surface area contributed by atoms with Gasteiger partial charge in [0.15, 0.2) is 6.10 Å². The van der Waals surface area contributed by atoms with Crippen molar-refractivity contribution in [1.82, 2.24) is 0 Å². The summed E-state index contributed by atoms with van der Waals surface area (Å²) in [5.41, 5.74) is 0. The average Bonchev–Trinajstić information content (AvgIpc) is 3.36. The molecular weight excluding hydrogens is 865 g/mol. The van der Waals surface area contributed by atoms with E-state index in [1.54, 1.807) is 0 Å². The monoisotopic (exact) mass is 969 g/mol. The van der Waals surface area contributed by atoms with Gasteiger partial charge >= 0.3 is 17.9 Å². The Morgan fingerprint density at radius 1 is 0.300 bits per heavy atom. The van der Waals surface area contributed by atoms with E-state index in [0.29, 0.717) is 19.3 Å². The Bertz CT molecular complexity index is 1490. The largest absolute Gasteiger partial charge is 0.462 e. The second kappa shape index (κ2) is 57.4. The molecule has 0 saturated carbocycles. The van der Waals surface area contributed by atoms with Crippen LogP contribution in [0.3, 0.4) is 0 Å². The molecule has 1 unspecified atom stereocenters. The SMILES string of the molecule is CC/C=C\C/C=C\C/C=C\C/C=C\C/C=C\C/C=C\CCCCCCCCCCCCC(=O)OCC(COC(=O)CCCCCCCC)OC(=O)CCCCCC/C=C\C/C=C\C/C=C\C/C=C\CC. The summed E-state index contributed by atoms with van der Waals surface area (Å²) in [6.07, 6.45) is 79.4. The number of rotatable bonds is 50. The Balaban J connectivity index is 4.16. The average molecular weight is 970 g/mol. The first-order chi connectivity index (χ1) is 34.5. The predicted octanol–water partition coefficient (Wildman–Crippen LogP) is 19.3. The Morgan fingerprint density at radius 3 is 0.871 bits per heavy atom. The Labute approximate surface area is 431 Å². The van der Waals surface area contributed by atoms with Crippen molar-refractivity contribution < 1.29 is 28.6 Å². The highest BCUT2D eigenvalue weighted by molar-refractivity contribution is 5.71. The summed E-state index contributed by atoms with van der Waals surface area (Å²) in [5, 5.41) is 0. The molecule has 0 radical (unpaired) electrons. The van der Waals surface area contributed by atoms with Gasteiger partial charge in [-0.2, -0.15) is 0 Å². The van der Waals surface area contributed by atoms with E-state index in [0.717, 1.165) is 135 Å². The second-order valence-electron chi connectivity index (χ2n) is 18.4. The van der Waals surface area contributed by atoms with Crippen LogP contribution in [-0.2, 0) is 28.6 Å². The van der Waals surface area contributed by atoms with E-state index in [2.05, 4.69) is 142 Å².